The van der Waals surface area contributed by atoms with Crippen LogP contribution in [0.15, 0.2) is 58.8 Å². The highest BCUT2D eigenvalue weighted by atomic mass is 32.2. The molecule has 1 fully saturated rings. The maximum Gasteiger partial charge on any atom is 0.327 e. The Labute approximate surface area is 175 Å². The zero-order valence-corrected chi connectivity index (χ0v) is 16.7. The Hall–Kier alpha value is -2.85. The Morgan fingerprint density at radius 1 is 1.31 bits per heavy atom. The number of thiocarbonyl (C=S) groups is 1. The van der Waals surface area contributed by atoms with Gasteiger partial charge in [0.05, 0.1) is 11.3 Å². The van der Waals surface area contributed by atoms with E-state index < -0.39 is 30.3 Å². The van der Waals surface area contributed by atoms with E-state index in [-0.39, 0.29) is 9.23 Å². The molecule has 1 amide bonds. The van der Waals surface area contributed by atoms with Gasteiger partial charge >= 0.3 is 11.9 Å². The molecule has 0 bridgehead atoms. The molecule has 0 saturated carbocycles. The van der Waals surface area contributed by atoms with E-state index >= 15 is 0 Å². The molecule has 0 aromatic carbocycles. The van der Waals surface area contributed by atoms with Gasteiger partial charge < -0.3 is 19.7 Å². The van der Waals surface area contributed by atoms with Gasteiger partial charge in [-0.2, -0.15) is 0 Å². The van der Waals surface area contributed by atoms with E-state index in [1.807, 2.05) is 18.2 Å². The van der Waals surface area contributed by atoms with Crippen LogP contribution >= 0.6 is 24.0 Å². The Morgan fingerprint density at radius 2 is 2.10 bits per heavy atom. The van der Waals surface area contributed by atoms with Crippen LogP contribution in [-0.4, -0.2) is 43.3 Å². The molecule has 1 saturated heterocycles. The minimum absolute atomic E-state index is 0.0125. The van der Waals surface area contributed by atoms with E-state index in [4.69, 9.17) is 26.8 Å². The predicted octanol–water partition coefficient (Wildman–Crippen LogP) is 3.05. The van der Waals surface area contributed by atoms with Crippen molar-refractivity contribution in [3.8, 4) is 0 Å². The van der Waals surface area contributed by atoms with Crippen LogP contribution in [0.3, 0.4) is 0 Å². The fourth-order valence-corrected chi connectivity index (χ4v) is 4.42. The molecule has 3 rings (SSSR count). The molecule has 10 heteroatoms. The van der Waals surface area contributed by atoms with Crippen LogP contribution in [0.2, 0.25) is 0 Å². The molecule has 1 aliphatic carbocycles. The highest BCUT2D eigenvalue weighted by molar-refractivity contribution is 8.26. The normalized spacial score (nSPS) is 21.2. The topological polar surface area (TPSA) is 113 Å². The van der Waals surface area contributed by atoms with Crippen molar-refractivity contribution in [2.45, 2.75) is 31.7 Å². The average molecular weight is 435 g/mol. The standard InChI is InChI=1S/C19H17NO7S2/c21-15(22)9-13(18(24)25)20-17(23)16(29-19(20)28)12(14-10-26-6-7-27-14)8-11-4-2-1-3-5-11/h1-2,4,6-7,10,13H,3,5,8-9H2,(H,21,22)(H,24,25). The van der Waals surface area contributed by atoms with E-state index in [1.165, 1.54) is 18.8 Å². The van der Waals surface area contributed by atoms with E-state index in [0.717, 1.165) is 35.1 Å². The summed E-state index contributed by atoms with van der Waals surface area (Å²) in [6, 6.07) is -1.59. The summed E-state index contributed by atoms with van der Waals surface area (Å²) in [6.07, 6.45) is 11.2. The number of amides is 1. The monoisotopic (exact) mass is 435 g/mol. The van der Waals surface area contributed by atoms with Gasteiger partial charge in [0, 0.05) is 5.57 Å². The lowest BCUT2D eigenvalue weighted by molar-refractivity contribution is -0.150. The van der Waals surface area contributed by atoms with Gasteiger partial charge in [-0.1, -0.05) is 47.8 Å². The van der Waals surface area contributed by atoms with Crippen LogP contribution < -0.4 is 0 Å². The van der Waals surface area contributed by atoms with Gasteiger partial charge in [0.15, 0.2) is 5.76 Å². The van der Waals surface area contributed by atoms with Crippen molar-refractivity contribution in [1.29, 1.82) is 0 Å². The Bertz CT molecular complexity index is 914. The molecule has 1 unspecified atom stereocenters. The fourth-order valence-electron chi connectivity index (χ4n) is 3.00. The van der Waals surface area contributed by atoms with Gasteiger partial charge in [-0.25, -0.2) is 4.79 Å². The zero-order chi connectivity index (χ0) is 21.0. The molecule has 2 aliphatic heterocycles. The number of allylic oxidation sites excluding steroid dienone is 5. The molecule has 8 nitrogen and oxygen atoms in total. The van der Waals surface area contributed by atoms with Crippen LogP contribution in [0, 0.1) is 0 Å². The first-order valence-electron chi connectivity index (χ1n) is 8.64. The smallest absolute Gasteiger partial charge is 0.327 e. The van der Waals surface area contributed by atoms with Crippen LogP contribution in [-0.2, 0) is 23.9 Å². The summed E-state index contributed by atoms with van der Waals surface area (Å²) in [5.41, 5.74) is 1.57. The number of thioether (sulfide) groups is 1. The summed E-state index contributed by atoms with van der Waals surface area (Å²) in [4.78, 5) is 36.8. The molecule has 1 atom stereocenters. The van der Waals surface area contributed by atoms with Crippen molar-refractivity contribution < 1.29 is 34.1 Å². The molecule has 2 heterocycles. The van der Waals surface area contributed by atoms with E-state index in [9.17, 15) is 19.5 Å². The lowest BCUT2D eigenvalue weighted by Gasteiger charge is -2.22. The Kier molecular flexibility index (Phi) is 6.55. The second-order valence-electron chi connectivity index (χ2n) is 6.28. The molecule has 0 radical (unpaired) electrons. The number of carbonyl (C=O) groups is 3. The number of hydrogen-bond donors (Lipinski definition) is 2. The van der Waals surface area contributed by atoms with Gasteiger partial charge in [0.25, 0.3) is 5.91 Å². The van der Waals surface area contributed by atoms with Crippen molar-refractivity contribution in [1.82, 2.24) is 4.90 Å². The second-order valence-corrected chi connectivity index (χ2v) is 7.92. The maximum absolute atomic E-state index is 13.1. The molecule has 0 aromatic rings. The minimum atomic E-state index is -1.59. The van der Waals surface area contributed by atoms with Gasteiger partial charge in [-0.3, -0.25) is 14.5 Å². The first kappa shape index (κ1) is 20.9. The van der Waals surface area contributed by atoms with Gasteiger partial charge in [-0.15, -0.1) is 0 Å². The first-order valence-corrected chi connectivity index (χ1v) is 9.86. The lowest BCUT2D eigenvalue weighted by Crippen LogP contribution is -2.45. The van der Waals surface area contributed by atoms with Crippen molar-refractivity contribution in [3.05, 3.63) is 58.8 Å². The van der Waals surface area contributed by atoms with Crippen molar-refractivity contribution >= 4 is 46.1 Å². The number of carboxylic acids is 2. The molecule has 0 aromatic heterocycles. The largest absolute Gasteiger partial charge is 0.481 e. The molecular formula is C19H17NO7S2. The number of hydrogen-bond acceptors (Lipinski definition) is 7. The summed E-state index contributed by atoms with van der Waals surface area (Å²) in [5, 5.41) is 18.5. The lowest BCUT2D eigenvalue weighted by atomic mass is 9.96. The Morgan fingerprint density at radius 3 is 2.69 bits per heavy atom. The molecule has 0 spiro atoms. The number of carboxylic acid groups (broad SMARTS) is 2. The van der Waals surface area contributed by atoms with Crippen LogP contribution in [0.1, 0.15) is 25.7 Å². The van der Waals surface area contributed by atoms with Crippen LogP contribution in [0.5, 0.6) is 0 Å². The Balaban J connectivity index is 2.00. The molecule has 29 heavy (non-hydrogen) atoms. The molecule has 3 aliphatic rings. The van der Waals surface area contributed by atoms with Crippen molar-refractivity contribution in [2.75, 3.05) is 0 Å². The highest BCUT2D eigenvalue weighted by Crippen LogP contribution is 2.40. The fraction of sp³-hybridized carbons (Fsp3) is 0.263. The number of aliphatic carboxylic acids is 2. The van der Waals surface area contributed by atoms with E-state index in [0.29, 0.717) is 17.8 Å². The summed E-state index contributed by atoms with van der Waals surface area (Å²) < 4.78 is 10.7. The van der Waals surface area contributed by atoms with Gasteiger partial charge in [-0.05, 0) is 19.3 Å². The molecule has 2 N–H and O–H groups in total. The van der Waals surface area contributed by atoms with E-state index in [1.54, 1.807) is 0 Å². The summed E-state index contributed by atoms with van der Waals surface area (Å²) in [7, 11) is 0. The predicted molar refractivity (Wildman–Crippen MR) is 108 cm³/mol. The maximum atomic E-state index is 13.1. The quantitative estimate of drug-likeness (QED) is 0.460. The molecule has 152 valence electrons. The van der Waals surface area contributed by atoms with Gasteiger partial charge in [0.2, 0.25) is 0 Å². The zero-order valence-electron chi connectivity index (χ0n) is 15.1. The number of rotatable bonds is 7. The summed E-state index contributed by atoms with van der Waals surface area (Å²) in [6.45, 7) is 0. The number of nitrogens with zero attached hydrogens (tertiary/aromatic N) is 1. The summed E-state index contributed by atoms with van der Waals surface area (Å²) >= 11 is 6.14. The van der Waals surface area contributed by atoms with Crippen LogP contribution in [0.25, 0.3) is 0 Å². The highest BCUT2D eigenvalue weighted by Gasteiger charge is 2.43. The van der Waals surface area contributed by atoms with Crippen molar-refractivity contribution in [2.24, 2.45) is 0 Å². The third kappa shape index (κ3) is 4.77. The van der Waals surface area contributed by atoms with E-state index in [2.05, 4.69) is 0 Å². The van der Waals surface area contributed by atoms with Gasteiger partial charge in [0.1, 0.15) is 29.1 Å². The number of ether oxygens (including phenoxy) is 2. The number of carbonyl (C=O) groups excluding carboxylic acids is 1. The summed E-state index contributed by atoms with van der Waals surface area (Å²) in [5.74, 6) is -3.12. The first-order chi connectivity index (χ1) is 13.9. The molecular weight excluding hydrogens is 418 g/mol. The van der Waals surface area contributed by atoms with Crippen LogP contribution in [0.4, 0.5) is 0 Å². The second kappa shape index (κ2) is 9.10. The SMILES string of the molecule is O=C(O)CC(C(=O)O)N1C(=O)C(=C(CC2=CC=CCC2)C2=COC=CO2)SC1=S. The minimum Gasteiger partial charge on any atom is -0.481 e. The third-order valence-electron chi connectivity index (χ3n) is 4.34. The average Bonchev–Trinajstić information content (AvgIpc) is 2.99. The third-order valence-corrected chi connectivity index (χ3v) is 5.79. The van der Waals surface area contributed by atoms with Crippen molar-refractivity contribution in [3.63, 3.8) is 0 Å².